The Bertz CT molecular complexity index is 706. The summed E-state index contributed by atoms with van der Waals surface area (Å²) in [5.74, 6) is 0.439. The molecule has 0 spiro atoms. The zero-order valence-electron chi connectivity index (χ0n) is 14.9. The Morgan fingerprint density at radius 1 is 1.04 bits per heavy atom. The first-order chi connectivity index (χ1) is 12.1. The van der Waals surface area contributed by atoms with Gasteiger partial charge in [0.2, 0.25) is 5.95 Å². The highest BCUT2D eigenvalue weighted by Gasteiger charge is 2.15. The van der Waals surface area contributed by atoms with Gasteiger partial charge in [-0.3, -0.25) is 4.79 Å². The molecule has 6 nitrogen and oxygen atoms in total. The van der Waals surface area contributed by atoms with Crippen molar-refractivity contribution < 1.29 is 4.79 Å². The Morgan fingerprint density at radius 3 is 2.36 bits per heavy atom. The number of hydrogen-bond donors (Lipinski definition) is 1. The van der Waals surface area contributed by atoms with Crippen LogP contribution in [0.25, 0.3) is 0 Å². The van der Waals surface area contributed by atoms with E-state index in [9.17, 15) is 4.79 Å². The predicted octanol–water partition coefficient (Wildman–Crippen LogP) is 3.18. The number of hydrogen-bond acceptors (Lipinski definition) is 5. The van der Waals surface area contributed by atoms with Gasteiger partial charge < -0.3 is 15.1 Å². The van der Waals surface area contributed by atoms with Gasteiger partial charge in [0.25, 0.3) is 5.91 Å². The molecule has 0 aliphatic carbocycles. The van der Waals surface area contributed by atoms with Gasteiger partial charge in [0.05, 0.1) is 0 Å². The lowest BCUT2D eigenvalue weighted by atomic mass is 10.2. The third-order valence-electron chi connectivity index (χ3n) is 4.41. The summed E-state index contributed by atoms with van der Waals surface area (Å²) in [4.78, 5) is 25.5. The summed E-state index contributed by atoms with van der Waals surface area (Å²) in [6.45, 7) is 1.91. The molecule has 0 bridgehead atoms. The van der Waals surface area contributed by atoms with E-state index in [0.717, 1.165) is 37.3 Å². The van der Waals surface area contributed by atoms with Crippen LogP contribution in [0.3, 0.4) is 0 Å². The fourth-order valence-corrected chi connectivity index (χ4v) is 2.94. The smallest absolute Gasteiger partial charge is 0.274 e. The number of nitrogens with zero attached hydrogens (tertiary/aromatic N) is 4. The molecule has 0 radical (unpaired) electrons. The lowest BCUT2D eigenvalue weighted by molar-refractivity contribution is 0.102. The minimum Gasteiger partial charge on any atom is -0.378 e. The van der Waals surface area contributed by atoms with Crippen molar-refractivity contribution in [2.24, 2.45) is 0 Å². The highest BCUT2D eigenvalue weighted by molar-refractivity contribution is 6.03. The van der Waals surface area contributed by atoms with Gasteiger partial charge in [0.1, 0.15) is 5.69 Å². The lowest BCUT2D eigenvalue weighted by Gasteiger charge is -2.20. The number of aromatic nitrogens is 2. The minimum atomic E-state index is -0.212. The van der Waals surface area contributed by atoms with E-state index < -0.39 is 0 Å². The number of carbonyl (C=O) groups excluding carboxylic acids is 1. The summed E-state index contributed by atoms with van der Waals surface area (Å²) in [6, 6.07) is 9.38. The molecular formula is C19H25N5O. The number of rotatable bonds is 4. The van der Waals surface area contributed by atoms with Gasteiger partial charge in [-0.2, -0.15) is 0 Å². The molecule has 1 fully saturated rings. The average molecular weight is 339 g/mol. The first-order valence-electron chi connectivity index (χ1n) is 8.80. The zero-order chi connectivity index (χ0) is 17.6. The van der Waals surface area contributed by atoms with Crippen LogP contribution in [0.15, 0.2) is 36.5 Å². The van der Waals surface area contributed by atoms with Crippen LogP contribution in [-0.2, 0) is 0 Å². The number of benzene rings is 1. The third kappa shape index (κ3) is 4.47. The molecule has 2 aromatic rings. The van der Waals surface area contributed by atoms with E-state index in [-0.39, 0.29) is 5.91 Å². The van der Waals surface area contributed by atoms with Crippen molar-refractivity contribution in [1.82, 2.24) is 9.97 Å². The van der Waals surface area contributed by atoms with Crippen molar-refractivity contribution in [3.63, 3.8) is 0 Å². The molecule has 132 valence electrons. The lowest BCUT2D eigenvalue weighted by Crippen LogP contribution is -2.27. The third-order valence-corrected chi connectivity index (χ3v) is 4.41. The molecule has 1 saturated heterocycles. The summed E-state index contributed by atoms with van der Waals surface area (Å²) in [5.41, 5.74) is 2.24. The van der Waals surface area contributed by atoms with Crippen molar-refractivity contribution in [1.29, 1.82) is 0 Å². The number of amides is 1. The molecule has 0 saturated carbocycles. The molecule has 1 amide bonds. The first kappa shape index (κ1) is 17.2. The molecule has 25 heavy (non-hydrogen) atoms. The van der Waals surface area contributed by atoms with Crippen molar-refractivity contribution in [2.75, 3.05) is 42.3 Å². The summed E-state index contributed by atoms with van der Waals surface area (Å²) >= 11 is 0. The van der Waals surface area contributed by atoms with Crippen molar-refractivity contribution in [3.05, 3.63) is 42.2 Å². The van der Waals surface area contributed by atoms with Crippen LogP contribution >= 0.6 is 0 Å². The van der Waals surface area contributed by atoms with Crippen LogP contribution in [0.5, 0.6) is 0 Å². The van der Waals surface area contributed by atoms with E-state index in [0.29, 0.717) is 11.6 Å². The molecule has 1 aromatic carbocycles. The van der Waals surface area contributed by atoms with Gasteiger partial charge in [0, 0.05) is 44.8 Å². The fourth-order valence-electron chi connectivity index (χ4n) is 2.94. The normalized spacial score (nSPS) is 14.7. The Kier molecular flexibility index (Phi) is 5.48. The largest absolute Gasteiger partial charge is 0.378 e. The second-order valence-corrected chi connectivity index (χ2v) is 6.54. The summed E-state index contributed by atoms with van der Waals surface area (Å²) in [6.07, 6.45) is 6.46. The molecule has 1 aliphatic rings. The second kappa shape index (κ2) is 7.96. The number of anilines is 3. The van der Waals surface area contributed by atoms with Gasteiger partial charge >= 0.3 is 0 Å². The molecule has 1 aromatic heterocycles. The van der Waals surface area contributed by atoms with E-state index in [1.54, 1.807) is 12.3 Å². The Hall–Kier alpha value is -2.63. The second-order valence-electron chi connectivity index (χ2n) is 6.54. The van der Waals surface area contributed by atoms with E-state index >= 15 is 0 Å². The number of nitrogens with one attached hydrogen (secondary N) is 1. The Balaban J connectivity index is 1.70. The van der Waals surface area contributed by atoms with Gasteiger partial charge in [-0.25, -0.2) is 9.97 Å². The van der Waals surface area contributed by atoms with Gasteiger partial charge in [-0.05, 0) is 43.2 Å². The fraction of sp³-hybridized carbons (Fsp3) is 0.421. The summed E-state index contributed by atoms with van der Waals surface area (Å²) in [5, 5.41) is 2.90. The molecule has 2 heterocycles. The highest BCUT2D eigenvalue weighted by Crippen LogP contribution is 2.18. The summed E-state index contributed by atoms with van der Waals surface area (Å²) in [7, 11) is 3.97. The van der Waals surface area contributed by atoms with Gasteiger partial charge in [0.15, 0.2) is 0 Å². The maximum atomic E-state index is 12.5. The molecule has 0 atom stereocenters. The van der Waals surface area contributed by atoms with E-state index in [1.807, 2.05) is 43.3 Å². The molecular weight excluding hydrogens is 314 g/mol. The van der Waals surface area contributed by atoms with Crippen molar-refractivity contribution in [2.45, 2.75) is 25.7 Å². The summed E-state index contributed by atoms with van der Waals surface area (Å²) < 4.78 is 0. The predicted molar refractivity (Wildman–Crippen MR) is 101 cm³/mol. The quantitative estimate of drug-likeness (QED) is 0.927. The topological polar surface area (TPSA) is 61.4 Å². The van der Waals surface area contributed by atoms with Crippen LogP contribution in [-0.4, -0.2) is 43.1 Å². The Morgan fingerprint density at radius 2 is 1.72 bits per heavy atom. The molecule has 6 heteroatoms. The molecule has 1 aliphatic heterocycles. The maximum Gasteiger partial charge on any atom is 0.274 e. The minimum absolute atomic E-state index is 0.212. The van der Waals surface area contributed by atoms with Crippen LogP contribution in [0.4, 0.5) is 17.3 Å². The van der Waals surface area contributed by atoms with E-state index in [1.165, 1.54) is 12.8 Å². The van der Waals surface area contributed by atoms with E-state index in [4.69, 9.17) is 0 Å². The number of carbonyl (C=O) groups is 1. The van der Waals surface area contributed by atoms with Gasteiger partial charge in [-0.1, -0.05) is 12.8 Å². The van der Waals surface area contributed by atoms with Crippen LogP contribution in [0.2, 0.25) is 0 Å². The zero-order valence-corrected chi connectivity index (χ0v) is 14.9. The monoisotopic (exact) mass is 339 g/mol. The molecule has 1 N–H and O–H groups in total. The maximum absolute atomic E-state index is 12.5. The van der Waals surface area contributed by atoms with E-state index in [2.05, 4.69) is 20.2 Å². The van der Waals surface area contributed by atoms with Gasteiger partial charge in [-0.15, -0.1) is 0 Å². The molecule has 0 unspecified atom stereocenters. The highest BCUT2D eigenvalue weighted by atomic mass is 16.1. The van der Waals surface area contributed by atoms with Crippen molar-refractivity contribution in [3.8, 4) is 0 Å². The van der Waals surface area contributed by atoms with Crippen LogP contribution < -0.4 is 15.1 Å². The van der Waals surface area contributed by atoms with Crippen molar-refractivity contribution >= 4 is 23.2 Å². The Labute approximate surface area is 148 Å². The standard InChI is InChI=1S/C19H25N5O/c1-23(2)16-9-7-15(8-10-16)21-18(25)17-11-12-20-19(22-17)24-13-5-3-4-6-14-24/h7-12H,3-6,13-14H2,1-2H3,(H,21,25). The van der Waals surface area contributed by atoms with Crippen LogP contribution in [0.1, 0.15) is 36.2 Å². The average Bonchev–Trinajstić information content (AvgIpc) is 2.92. The van der Waals surface area contributed by atoms with Crippen LogP contribution in [0, 0.1) is 0 Å². The molecule has 3 rings (SSSR count). The first-order valence-corrected chi connectivity index (χ1v) is 8.80. The SMILES string of the molecule is CN(C)c1ccc(NC(=O)c2ccnc(N3CCCCCC3)n2)cc1.